The molecule has 0 saturated carbocycles. The lowest BCUT2D eigenvalue weighted by molar-refractivity contribution is -0.117. The van der Waals surface area contributed by atoms with E-state index in [0.717, 1.165) is 45.6 Å². The van der Waals surface area contributed by atoms with E-state index in [0.29, 0.717) is 18.7 Å². The van der Waals surface area contributed by atoms with Gasteiger partial charge in [-0.05, 0) is 56.2 Å². The molecule has 3 aliphatic heterocycles. The molecule has 4 rings (SSSR count). The third kappa shape index (κ3) is 5.58. The molecular weight excluding hydrogens is 426 g/mol. The van der Waals surface area contributed by atoms with E-state index in [1.807, 2.05) is 0 Å². The molecule has 0 radical (unpaired) electrons. The molecule has 8 nitrogen and oxygen atoms in total. The molecule has 1 saturated heterocycles. The molecule has 0 aromatic heterocycles. The number of piperazine rings is 1. The van der Waals surface area contributed by atoms with Crippen molar-refractivity contribution in [3.63, 3.8) is 0 Å². The van der Waals surface area contributed by atoms with Crippen LogP contribution in [0.25, 0.3) is 0 Å². The van der Waals surface area contributed by atoms with Gasteiger partial charge in [0, 0.05) is 51.2 Å². The Bertz CT molecular complexity index is 1040. The van der Waals surface area contributed by atoms with Crippen molar-refractivity contribution >= 4 is 27.5 Å². The monoisotopic (exact) mass is 457 g/mol. The molecule has 32 heavy (non-hydrogen) atoms. The highest BCUT2D eigenvalue weighted by Gasteiger charge is 2.29. The van der Waals surface area contributed by atoms with Crippen molar-refractivity contribution in [3.05, 3.63) is 53.8 Å². The number of carbonyl (C=O) groups excluding carboxylic acids is 1. The number of allylic oxidation sites excluding steroid dienone is 2. The molecule has 0 atom stereocenters. The van der Waals surface area contributed by atoms with Gasteiger partial charge in [-0.15, -0.1) is 4.40 Å². The molecule has 172 valence electrons. The third-order valence-electron chi connectivity index (χ3n) is 6.03. The Morgan fingerprint density at radius 3 is 2.72 bits per heavy atom. The maximum absolute atomic E-state index is 12.6. The largest absolute Gasteiger partial charge is 0.369 e. The number of aryl methyl sites for hydroxylation is 1. The van der Waals surface area contributed by atoms with Gasteiger partial charge in [0.1, 0.15) is 0 Å². The summed E-state index contributed by atoms with van der Waals surface area (Å²) < 4.78 is 27.5. The van der Waals surface area contributed by atoms with Gasteiger partial charge in [-0.1, -0.05) is 12.1 Å². The van der Waals surface area contributed by atoms with E-state index in [1.165, 1.54) is 11.3 Å². The number of sulfonamides is 1. The number of nitrogens with zero attached hydrogens (tertiary/aromatic N) is 4. The van der Waals surface area contributed by atoms with Crippen molar-refractivity contribution in [3.8, 4) is 0 Å². The number of rotatable bonds is 7. The summed E-state index contributed by atoms with van der Waals surface area (Å²) in [7, 11) is -3.50. The maximum Gasteiger partial charge on any atom is 0.256 e. The fourth-order valence-electron chi connectivity index (χ4n) is 4.21. The molecule has 0 unspecified atom stereocenters. The number of amidine groups is 1. The van der Waals surface area contributed by atoms with E-state index in [1.54, 1.807) is 23.3 Å². The van der Waals surface area contributed by atoms with Crippen LogP contribution in [0.2, 0.25) is 0 Å². The molecular formula is C23H31N5O3S. The Morgan fingerprint density at radius 2 is 1.94 bits per heavy atom. The summed E-state index contributed by atoms with van der Waals surface area (Å²) in [4.78, 5) is 19.2. The molecule has 9 heteroatoms. The van der Waals surface area contributed by atoms with Crippen LogP contribution in [0.4, 0.5) is 5.69 Å². The molecule has 0 bridgehead atoms. The van der Waals surface area contributed by atoms with Crippen LogP contribution in [0.15, 0.2) is 52.6 Å². The molecule has 0 spiro atoms. The second-order valence-corrected chi connectivity index (χ2v) is 10.2. The van der Waals surface area contributed by atoms with Crippen LogP contribution in [0, 0.1) is 6.92 Å². The number of hydrogen-bond acceptors (Lipinski definition) is 6. The minimum Gasteiger partial charge on any atom is -0.369 e. The normalized spacial score (nSPS) is 20.4. The fourth-order valence-corrected chi connectivity index (χ4v) is 5.19. The zero-order valence-corrected chi connectivity index (χ0v) is 19.4. The Balaban J connectivity index is 1.17. The molecule has 1 amide bonds. The molecule has 1 aromatic carbocycles. The Hall–Kier alpha value is -2.65. The summed E-state index contributed by atoms with van der Waals surface area (Å²) in [6, 6.07) is 8.66. The summed E-state index contributed by atoms with van der Waals surface area (Å²) >= 11 is 0. The van der Waals surface area contributed by atoms with E-state index < -0.39 is 10.0 Å². The lowest BCUT2D eigenvalue weighted by Crippen LogP contribution is -2.46. The van der Waals surface area contributed by atoms with Crippen LogP contribution in [0.5, 0.6) is 0 Å². The van der Waals surface area contributed by atoms with Gasteiger partial charge in [-0.3, -0.25) is 9.69 Å². The van der Waals surface area contributed by atoms with Crippen molar-refractivity contribution < 1.29 is 13.2 Å². The van der Waals surface area contributed by atoms with Gasteiger partial charge >= 0.3 is 0 Å². The Kier molecular flexibility index (Phi) is 6.95. The van der Waals surface area contributed by atoms with Gasteiger partial charge in [-0.25, -0.2) is 8.42 Å². The first-order valence-electron chi connectivity index (χ1n) is 11.2. The topological polar surface area (TPSA) is 85.3 Å². The summed E-state index contributed by atoms with van der Waals surface area (Å²) in [5.74, 6) is -0.0840. The van der Waals surface area contributed by atoms with Crippen LogP contribution in [0.3, 0.4) is 0 Å². The second-order valence-electron chi connectivity index (χ2n) is 8.45. The first kappa shape index (κ1) is 22.5. The minimum atomic E-state index is -3.50. The van der Waals surface area contributed by atoms with Crippen molar-refractivity contribution in [2.45, 2.75) is 19.8 Å². The predicted octanol–water partition coefficient (Wildman–Crippen LogP) is 1.51. The van der Waals surface area contributed by atoms with Crippen LogP contribution < -0.4 is 10.2 Å². The lowest BCUT2D eigenvalue weighted by atomic mass is 10.1. The fraction of sp³-hybridized carbons (Fsp3) is 0.478. The highest BCUT2D eigenvalue weighted by Crippen LogP contribution is 2.19. The van der Waals surface area contributed by atoms with Crippen LogP contribution in [0.1, 0.15) is 18.4 Å². The predicted molar refractivity (Wildman–Crippen MR) is 127 cm³/mol. The smallest absolute Gasteiger partial charge is 0.256 e. The molecule has 1 fully saturated rings. The molecule has 3 aliphatic rings. The van der Waals surface area contributed by atoms with Gasteiger partial charge in [0.25, 0.3) is 15.9 Å². The molecule has 3 heterocycles. The maximum atomic E-state index is 12.6. The number of nitrogens with one attached hydrogen (secondary N) is 1. The van der Waals surface area contributed by atoms with Gasteiger partial charge in [0.05, 0.1) is 11.3 Å². The minimum absolute atomic E-state index is 0.0327. The number of unbranched alkanes of at least 4 members (excludes halogenated alkanes) is 1. The van der Waals surface area contributed by atoms with E-state index in [2.05, 4.69) is 50.7 Å². The van der Waals surface area contributed by atoms with Gasteiger partial charge < -0.3 is 15.1 Å². The number of fused-ring (bicyclic) bond motifs is 1. The SMILES string of the molecule is Cc1cccc(N2CCN(CCCCNC(=O)C3=CC=CN4CCS(=O)(=O)N=C34)CC2)c1. The number of carbonyl (C=O) groups is 1. The summed E-state index contributed by atoms with van der Waals surface area (Å²) in [6.45, 7) is 8.17. The standard InChI is InChI=1S/C23H31N5O3S/c1-19-6-4-7-20(18-19)27-14-12-26(13-15-27)10-3-2-9-24-23(29)21-8-5-11-28-16-17-32(30,31)25-22(21)28/h4-8,11,18H,2-3,9-10,12-17H2,1H3,(H,24,29). The van der Waals surface area contributed by atoms with E-state index in [4.69, 9.17) is 0 Å². The number of anilines is 1. The van der Waals surface area contributed by atoms with Crippen molar-refractivity contribution in [2.75, 3.05) is 56.5 Å². The van der Waals surface area contributed by atoms with Crippen molar-refractivity contribution in [2.24, 2.45) is 4.40 Å². The summed E-state index contributed by atoms with van der Waals surface area (Å²) in [5.41, 5.74) is 2.90. The average Bonchev–Trinajstić information content (AvgIpc) is 2.78. The first-order chi connectivity index (χ1) is 15.4. The quantitative estimate of drug-likeness (QED) is 0.625. The zero-order valence-electron chi connectivity index (χ0n) is 18.5. The van der Waals surface area contributed by atoms with E-state index >= 15 is 0 Å². The zero-order chi connectivity index (χ0) is 22.6. The molecule has 1 aromatic rings. The van der Waals surface area contributed by atoms with Gasteiger partial charge in [0.15, 0.2) is 5.84 Å². The highest BCUT2D eigenvalue weighted by atomic mass is 32.2. The van der Waals surface area contributed by atoms with E-state index in [9.17, 15) is 13.2 Å². The Labute approximate surface area is 190 Å². The van der Waals surface area contributed by atoms with Crippen LogP contribution in [-0.2, 0) is 14.8 Å². The second kappa shape index (κ2) is 9.87. The van der Waals surface area contributed by atoms with Crippen molar-refractivity contribution in [1.29, 1.82) is 0 Å². The van der Waals surface area contributed by atoms with Gasteiger partial charge in [-0.2, -0.15) is 0 Å². The number of amides is 1. The molecule has 1 N–H and O–H groups in total. The van der Waals surface area contributed by atoms with E-state index in [-0.39, 0.29) is 17.5 Å². The summed E-state index contributed by atoms with van der Waals surface area (Å²) in [6.07, 6.45) is 7.01. The van der Waals surface area contributed by atoms with Crippen molar-refractivity contribution in [1.82, 2.24) is 15.1 Å². The number of hydrogen-bond donors (Lipinski definition) is 1. The number of benzene rings is 1. The van der Waals surface area contributed by atoms with Gasteiger partial charge in [0.2, 0.25) is 0 Å². The first-order valence-corrected chi connectivity index (χ1v) is 12.8. The highest BCUT2D eigenvalue weighted by molar-refractivity contribution is 7.90. The van der Waals surface area contributed by atoms with Crippen LogP contribution >= 0.6 is 0 Å². The lowest BCUT2D eigenvalue weighted by Gasteiger charge is -2.36. The van der Waals surface area contributed by atoms with Crippen LogP contribution in [-0.4, -0.2) is 81.5 Å². The average molecular weight is 458 g/mol. The molecule has 0 aliphatic carbocycles. The Morgan fingerprint density at radius 1 is 1.12 bits per heavy atom. The summed E-state index contributed by atoms with van der Waals surface area (Å²) in [5, 5.41) is 2.91. The third-order valence-corrected chi connectivity index (χ3v) is 7.18.